The Morgan fingerprint density at radius 2 is 1.17 bits per heavy atom. The van der Waals surface area contributed by atoms with Crippen LogP contribution in [0.4, 0.5) is 0 Å². The minimum absolute atomic E-state index is 0.112. The lowest BCUT2D eigenvalue weighted by Crippen LogP contribution is -2.34. The number of hydrogen-bond donors (Lipinski definition) is 11. The molecule has 14 nitrogen and oxygen atoms in total. The number of guanidine groups is 2. The molecule has 0 amide bonds. The Kier molecular flexibility index (Phi) is 21.7. The molecule has 0 spiro atoms. The molecular formula is C16H36N8O6. The highest BCUT2D eigenvalue weighted by Gasteiger charge is 2.10. The van der Waals surface area contributed by atoms with E-state index < -0.39 is 30.0 Å². The van der Waals surface area contributed by atoms with Gasteiger partial charge in [-0.15, -0.1) is 0 Å². The molecule has 0 rings (SSSR count). The van der Waals surface area contributed by atoms with E-state index in [0.717, 1.165) is 6.42 Å². The van der Waals surface area contributed by atoms with Gasteiger partial charge in [0.15, 0.2) is 11.9 Å². The monoisotopic (exact) mass is 436 g/mol. The molecule has 0 aliphatic rings. The molecule has 0 aliphatic heterocycles. The van der Waals surface area contributed by atoms with Crippen LogP contribution in [0.25, 0.3) is 0 Å². The van der Waals surface area contributed by atoms with Gasteiger partial charge in [-0.25, -0.2) is 0 Å². The van der Waals surface area contributed by atoms with Crippen molar-refractivity contribution in [2.75, 3.05) is 13.1 Å². The number of rotatable bonds is 12. The average molecular weight is 437 g/mol. The summed E-state index contributed by atoms with van der Waals surface area (Å²) in [6, 6.07) is -1.64. The molecule has 0 aromatic carbocycles. The van der Waals surface area contributed by atoms with Crippen molar-refractivity contribution in [2.24, 2.45) is 22.9 Å². The highest BCUT2D eigenvalue weighted by molar-refractivity contribution is 5.75. The van der Waals surface area contributed by atoms with Crippen molar-refractivity contribution in [1.29, 1.82) is 10.8 Å². The summed E-state index contributed by atoms with van der Waals surface area (Å²) in [6.07, 6.45) is 2.97. The van der Waals surface area contributed by atoms with E-state index in [0.29, 0.717) is 45.2 Å². The van der Waals surface area contributed by atoms with Crippen molar-refractivity contribution in [2.45, 2.75) is 57.5 Å². The first-order valence-electron chi connectivity index (χ1n) is 9.19. The van der Waals surface area contributed by atoms with E-state index in [1.54, 1.807) is 0 Å². The number of carbonyl (C=O) groups is 3. The van der Waals surface area contributed by atoms with Crippen molar-refractivity contribution in [1.82, 2.24) is 10.6 Å². The Morgan fingerprint density at radius 3 is 1.33 bits per heavy atom. The van der Waals surface area contributed by atoms with Crippen molar-refractivity contribution in [3.8, 4) is 0 Å². The normalized spacial score (nSPS) is 11.3. The summed E-state index contributed by atoms with van der Waals surface area (Å²) in [5.41, 5.74) is 20.4. The lowest BCUT2D eigenvalue weighted by atomic mass is 10.2. The van der Waals surface area contributed by atoms with Crippen LogP contribution in [0.2, 0.25) is 0 Å². The van der Waals surface area contributed by atoms with Gasteiger partial charge in [0, 0.05) is 19.5 Å². The molecule has 0 heterocycles. The zero-order valence-corrected chi connectivity index (χ0v) is 17.2. The highest BCUT2D eigenvalue weighted by Crippen LogP contribution is 1.93. The van der Waals surface area contributed by atoms with E-state index in [2.05, 4.69) is 10.6 Å². The second-order valence-corrected chi connectivity index (χ2v) is 6.00. The summed E-state index contributed by atoms with van der Waals surface area (Å²) in [4.78, 5) is 30.0. The zero-order valence-electron chi connectivity index (χ0n) is 17.2. The number of aliphatic carboxylic acids is 3. The minimum atomic E-state index is -1.00. The summed E-state index contributed by atoms with van der Waals surface area (Å²) in [5, 5.41) is 43.3. The molecule has 0 saturated heterocycles. The van der Waals surface area contributed by atoms with Gasteiger partial charge in [-0.05, 0) is 32.1 Å². The van der Waals surface area contributed by atoms with Crippen LogP contribution in [-0.4, -0.2) is 70.3 Å². The Morgan fingerprint density at radius 1 is 0.833 bits per heavy atom. The molecule has 14 heteroatoms. The average Bonchev–Trinajstić information content (AvgIpc) is 2.62. The van der Waals surface area contributed by atoms with Crippen LogP contribution in [0, 0.1) is 10.8 Å². The van der Waals surface area contributed by atoms with Crippen molar-refractivity contribution in [3.63, 3.8) is 0 Å². The van der Waals surface area contributed by atoms with Crippen LogP contribution in [0.3, 0.4) is 0 Å². The molecule has 0 aromatic rings. The fourth-order valence-corrected chi connectivity index (χ4v) is 1.55. The Bertz CT molecular complexity index is 494. The second-order valence-electron chi connectivity index (χ2n) is 6.00. The molecule has 15 N–H and O–H groups in total. The zero-order chi connectivity index (χ0) is 24.1. The topological polar surface area (TPSA) is 288 Å². The van der Waals surface area contributed by atoms with Gasteiger partial charge in [-0.3, -0.25) is 25.2 Å². The van der Waals surface area contributed by atoms with Gasteiger partial charge in [0.25, 0.3) is 0 Å². The largest absolute Gasteiger partial charge is 0.481 e. The van der Waals surface area contributed by atoms with Crippen LogP contribution in [0.5, 0.6) is 0 Å². The fraction of sp³-hybridized carbons (Fsp3) is 0.688. The number of hydrogen-bond acceptors (Lipinski definition) is 7. The van der Waals surface area contributed by atoms with Gasteiger partial charge in [0.2, 0.25) is 0 Å². The number of carboxylic acids is 3. The van der Waals surface area contributed by atoms with Crippen molar-refractivity contribution in [3.05, 3.63) is 0 Å². The smallest absolute Gasteiger partial charge is 0.320 e. The molecule has 0 bridgehead atoms. The third-order valence-electron chi connectivity index (χ3n) is 3.11. The molecule has 0 fully saturated rings. The van der Waals surface area contributed by atoms with Gasteiger partial charge < -0.3 is 48.9 Å². The van der Waals surface area contributed by atoms with Gasteiger partial charge in [-0.2, -0.15) is 0 Å². The maximum atomic E-state index is 10.2. The lowest BCUT2D eigenvalue weighted by Gasteiger charge is -2.06. The number of nitrogens with one attached hydrogen (secondary N) is 4. The van der Waals surface area contributed by atoms with Crippen LogP contribution >= 0.6 is 0 Å². The van der Waals surface area contributed by atoms with Gasteiger partial charge >= 0.3 is 17.9 Å². The van der Waals surface area contributed by atoms with Crippen molar-refractivity contribution < 1.29 is 29.7 Å². The Labute approximate surface area is 175 Å². The number of nitrogens with two attached hydrogens (primary N) is 4. The van der Waals surface area contributed by atoms with E-state index in [-0.39, 0.29) is 11.9 Å². The summed E-state index contributed by atoms with van der Waals surface area (Å²) >= 11 is 0. The maximum absolute atomic E-state index is 10.2. The van der Waals surface area contributed by atoms with Gasteiger partial charge in [-0.1, -0.05) is 6.92 Å². The minimum Gasteiger partial charge on any atom is -0.481 e. The van der Waals surface area contributed by atoms with E-state index in [1.807, 2.05) is 6.92 Å². The standard InChI is InChI=1S/2C6H14N4O2.C4H8O2/c2*7-4(5(11)12)2-1-3-10-6(8)9;1-2-3-4(5)6/h2*4H,1-3,7H2,(H,11,12)(H4,8,9,10);2-3H2,1H3,(H,5,6)/t2*4-;/m00./s1. The fourth-order valence-electron chi connectivity index (χ4n) is 1.55. The highest BCUT2D eigenvalue weighted by atomic mass is 16.4. The molecule has 0 aliphatic carbocycles. The van der Waals surface area contributed by atoms with Crippen molar-refractivity contribution >= 4 is 29.8 Å². The molecule has 0 aromatic heterocycles. The van der Waals surface area contributed by atoms with Crippen LogP contribution in [-0.2, 0) is 14.4 Å². The van der Waals surface area contributed by atoms with E-state index in [9.17, 15) is 14.4 Å². The van der Waals surface area contributed by atoms with Crippen LogP contribution in [0.15, 0.2) is 0 Å². The van der Waals surface area contributed by atoms with E-state index in [4.69, 9.17) is 49.1 Å². The predicted molar refractivity (Wildman–Crippen MR) is 112 cm³/mol. The molecule has 0 saturated carbocycles. The Balaban J connectivity index is -0.000000386. The molecule has 30 heavy (non-hydrogen) atoms. The van der Waals surface area contributed by atoms with Gasteiger partial charge in [0.1, 0.15) is 12.1 Å². The predicted octanol–water partition coefficient (Wildman–Crippen LogP) is -1.81. The second kappa shape index (κ2) is 20.6. The number of carboxylic acid groups (broad SMARTS) is 3. The third kappa shape index (κ3) is 29.6. The quantitative estimate of drug-likeness (QED) is 0.0916. The van der Waals surface area contributed by atoms with Crippen LogP contribution in [0.1, 0.15) is 45.4 Å². The Hall–Kier alpha value is -3.13. The first-order valence-corrected chi connectivity index (χ1v) is 9.19. The molecule has 2 atom stereocenters. The summed E-state index contributed by atoms with van der Waals surface area (Å²) in [6.45, 7) is 2.81. The summed E-state index contributed by atoms with van der Waals surface area (Å²) < 4.78 is 0. The van der Waals surface area contributed by atoms with E-state index in [1.165, 1.54) is 0 Å². The molecule has 176 valence electrons. The SMILES string of the molecule is CCCC(=O)O.N=C(N)NCCC[C@H](N)C(=O)O.N=C(N)NCCC[C@H](N)C(=O)O. The summed E-state index contributed by atoms with van der Waals surface area (Å²) in [7, 11) is 0. The third-order valence-corrected chi connectivity index (χ3v) is 3.11. The lowest BCUT2D eigenvalue weighted by molar-refractivity contribution is -0.139. The molecule has 0 radical (unpaired) electrons. The van der Waals surface area contributed by atoms with E-state index >= 15 is 0 Å². The maximum Gasteiger partial charge on any atom is 0.320 e. The summed E-state index contributed by atoms with van der Waals surface area (Å²) in [5.74, 6) is -2.94. The first kappa shape index (κ1) is 31.6. The van der Waals surface area contributed by atoms with Crippen LogP contribution < -0.4 is 33.6 Å². The molecule has 0 unspecified atom stereocenters. The van der Waals surface area contributed by atoms with Gasteiger partial charge in [0.05, 0.1) is 0 Å². The first-order chi connectivity index (χ1) is 13.8. The molecular weight excluding hydrogens is 400 g/mol.